The summed E-state index contributed by atoms with van der Waals surface area (Å²) < 4.78 is 10.2. The third kappa shape index (κ3) is 6.29. The summed E-state index contributed by atoms with van der Waals surface area (Å²) >= 11 is 7.14. The quantitative estimate of drug-likeness (QED) is 0.483. The number of thiazole rings is 1. The molecule has 0 fully saturated rings. The molecule has 0 spiro atoms. The maximum Gasteiger partial charge on any atom is 0.358 e. The van der Waals surface area contributed by atoms with Crippen LogP contribution in [0.25, 0.3) is 10.6 Å². The lowest BCUT2D eigenvalue weighted by Crippen LogP contribution is -2.35. The second-order valence-electron chi connectivity index (χ2n) is 6.65. The van der Waals surface area contributed by atoms with Crippen molar-refractivity contribution in [2.24, 2.45) is 0 Å². The molecule has 2 amide bonds. The Kier molecular flexibility index (Phi) is 7.80. The molecule has 10 heteroatoms. The molecule has 32 heavy (non-hydrogen) atoms. The number of carbonyl (C=O) groups excluding carboxylic acids is 3. The first-order valence-electron chi connectivity index (χ1n) is 9.45. The van der Waals surface area contributed by atoms with E-state index >= 15 is 0 Å². The second-order valence-corrected chi connectivity index (χ2v) is 7.94. The van der Waals surface area contributed by atoms with Crippen LogP contribution >= 0.6 is 22.9 Å². The zero-order valence-electron chi connectivity index (χ0n) is 17.3. The Labute approximate surface area is 193 Å². The average molecular weight is 474 g/mol. The van der Waals surface area contributed by atoms with Crippen molar-refractivity contribution >= 4 is 46.4 Å². The summed E-state index contributed by atoms with van der Waals surface area (Å²) in [6.07, 6.45) is 0. The van der Waals surface area contributed by atoms with Gasteiger partial charge in [-0.3, -0.25) is 9.59 Å². The van der Waals surface area contributed by atoms with E-state index in [0.717, 1.165) is 11.1 Å². The Morgan fingerprint density at radius 3 is 2.56 bits per heavy atom. The minimum atomic E-state index is -0.731. The Morgan fingerprint density at radius 2 is 1.84 bits per heavy atom. The largest absolute Gasteiger partial charge is 0.495 e. The Morgan fingerprint density at radius 1 is 1.09 bits per heavy atom. The molecule has 2 aromatic carbocycles. The lowest BCUT2D eigenvalue weighted by molar-refractivity contribution is -0.126. The normalized spacial score (nSPS) is 10.3. The molecule has 0 bridgehead atoms. The van der Waals surface area contributed by atoms with E-state index in [1.54, 1.807) is 41.8 Å². The van der Waals surface area contributed by atoms with E-state index in [0.29, 0.717) is 21.5 Å². The molecule has 8 nitrogen and oxygen atoms in total. The molecule has 0 unspecified atom stereocenters. The topological polar surface area (TPSA) is 107 Å². The van der Waals surface area contributed by atoms with E-state index in [2.05, 4.69) is 15.6 Å². The molecule has 0 radical (unpaired) electrons. The van der Waals surface area contributed by atoms with Gasteiger partial charge in [0.2, 0.25) is 5.91 Å². The van der Waals surface area contributed by atoms with Gasteiger partial charge in [-0.25, -0.2) is 9.78 Å². The molecule has 0 saturated carbocycles. The maximum absolute atomic E-state index is 12.2. The van der Waals surface area contributed by atoms with Crippen molar-refractivity contribution in [2.75, 3.05) is 25.6 Å². The van der Waals surface area contributed by atoms with Crippen molar-refractivity contribution in [3.05, 3.63) is 64.1 Å². The van der Waals surface area contributed by atoms with Gasteiger partial charge in [-0.15, -0.1) is 11.3 Å². The number of nitrogens with one attached hydrogen (secondary N) is 2. The van der Waals surface area contributed by atoms with Gasteiger partial charge < -0.3 is 20.1 Å². The highest BCUT2D eigenvalue weighted by Crippen LogP contribution is 2.26. The van der Waals surface area contributed by atoms with Crippen LogP contribution in [0.3, 0.4) is 0 Å². The standard InChI is InChI=1S/C22H20ClN3O5S/c1-13-3-8-18(30-2)16(9-13)25-19(27)10-24-20(28)11-31-22(29)17-12-32-21(26-17)14-4-6-15(23)7-5-14/h3-9,12H,10-11H2,1-2H3,(H,24,28)(H,25,27). The molecular formula is C22H20ClN3O5S. The maximum atomic E-state index is 12.2. The van der Waals surface area contributed by atoms with Crippen LogP contribution in [-0.4, -0.2) is 43.0 Å². The van der Waals surface area contributed by atoms with E-state index in [9.17, 15) is 14.4 Å². The van der Waals surface area contributed by atoms with Gasteiger partial charge in [0.25, 0.3) is 5.91 Å². The zero-order valence-corrected chi connectivity index (χ0v) is 18.9. The summed E-state index contributed by atoms with van der Waals surface area (Å²) in [5.74, 6) is -1.28. The van der Waals surface area contributed by atoms with Gasteiger partial charge in [0.05, 0.1) is 19.3 Å². The first-order chi connectivity index (χ1) is 15.4. The number of aryl methyl sites for hydroxylation is 1. The Bertz CT molecular complexity index is 1130. The number of hydrogen-bond donors (Lipinski definition) is 2. The van der Waals surface area contributed by atoms with E-state index in [1.807, 2.05) is 13.0 Å². The van der Waals surface area contributed by atoms with E-state index in [-0.39, 0.29) is 12.2 Å². The highest BCUT2D eigenvalue weighted by atomic mass is 35.5. The van der Waals surface area contributed by atoms with Crippen molar-refractivity contribution in [2.45, 2.75) is 6.92 Å². The van der Waals surface area contributed by atoms with Crippen LogP contribution in [0, 0.1) is 6.92 Å². The number of methoxy groups -OCH3 is 1. The van der Waals surface area contributed by atoms with Crippen molar-refractivity contribution in [3.63, 3.8) is 0 Å². The van der Waals surface area contributed by atoms with Crippen LogP contribution < -0.4 is 15.4 Å². The summed E-state index contributed by atoms with van der Waals surface area (Å²) in [5.41, 5.74) is 2.35. The number of rotatable bonds is 8. The van der Waals surface area contributed by atoms with Crippen LogP contribution in [0.5, 0.6) is 5.75 Å². The first-order valence-corrected chi connectivity index (χ1v) is 10.7. The molecule has 1 aromatic heterocycles. The number of amides is 2. The number of anilines is 1. The lowest BCUT2D eigenvalue weighted by atomic mass is 10.2. The summed E-state index contributed by atoms with van der Waals surface area (Å²) in [5, 5.41) is 7.84. The van der Waals surface area contributed by atoms with Crippen LogP contribution in [0.1, 0.15) is 16.1 Å². The number of esters is 1. The van der Waals surface area contributed by atoms with Gasteiger partial charge in [-0.2, -0.15) is 0 Å². The number of hydrogen-bond acceptors (Lipinski definition) is 7. The highest BCUT2D eigenvalue weighted by molar-refractivity contribution is 7.13. The smallest absolute Gasteiger partial charge is 0.358 e. The monoisotopic (exact) mass is 473 g/mol. The third-order valence-corrected chi connectivity index (χ3v) is 5.36. The fourth-order valence-electron chi connectivity index (χ4n) is 2.64. The van der Waals surface area contributed by atoms with Gasteiger partial charge in [-0.1, -0.05) is 29.8 Å². The summed E-state index contributed by atoms with van der Waals surface area (Å²) in [4.78, 5) is 40.4. The summed E-state index contributed by atoms with van der Waals surface area (Å²) in [7, 11) is 1.50. The molecule has 0 saturated heterocycles. The number of halogens is 1. The fourth-order valence-corrected chi connectivity index (χ4v) is 3.56. The minimum Gasteiger partial charge on any atom is -0.495 e. The highest BCUT2D eigenvalue weighted by Gasteiger charge is 2.16. The van der Waals surface area contributed by atoms with Crippen LogP contribution in [0.2, 0.25) is 5.02 Å². The molecule has 3 rings (SSSR count). The first kappa shape index (κ1) is 23.2. The van der Waals surface area contributed by atoms with Crippen LogP contribution in [-0.2, 0) is 14.3 Å². The molecule has 166 valence electrons. The Hall–Kier alpha value is -3.43. The second kappa shape index (κ2) is 10.7. The summed E-state index contributed by atoms with van der Waals surface area (Å²) in [6.45, 7) is 1.06. The van der Waals surface area contributed by atoms with Crippen molar-refractivity contribution in [3.8, 4) is 16.3 Å². The SMILES string of the molecule is COc1ccc(C)cc1NC(=O)CNC(=O)COC(=O)c1csc(-c2ccc(Cl)cc2)n1. The van der Waals surface area contributed by atoms with Gasteiger partial charge >= 0.3 is 5.97 Å². The van der Waals surface area contributed by atoms with Crippen molar-refractivity contribution < 1.29 is 23.9 Å². The van der Waals surface area contributed by atoms with E-state index in [1.165, 1.54) is 18.4 Å². The molecule has 0 aliphatic heterocycles. The third-order valence-electron chi connectivity index (χ3n) is 4.21. The van der Waals surface area contributed by atoms with Gasteiger partial charge in [0, 0.05) is 16.0 Å². The number of ether oxygens (including phenoxy) is 2. The average Bonchev–Trinajstić information content (AvgIpc) is 3.27. The predicted octanol–water partition coefficient (Wildman–Crippen LogP) is 3.69. The number of benzene rings is 2. The van der Waals surface area contributed by atoms with Gasteiger partial charge in [-0.05, 0) is 36.8 Å². The molecule has 0 aliphatic carbocycles. The van der Waals surface area contributed by atoms with Crippen LogP contribution in [0.15, 0.2) is 47.8 Å². The molecule has 3 aromatic rings. The van der Waals surface area contributed by atoms with Gasteiger partial charge in [0.15, 0.2) is 12.3 Å². The molecule has 0 aliphatic rings. The van der Waals surface area contributed by atoms with Crippen LogP contribution in [0.4, 0.5) is 5.69 Å². The molecule has 1 heterocycles. The molecule has 2 N–H and O–H groups in total. The minimum absolute atomic E-state index is 0.0945. The van der Waals surface area contributed by atoms with E-state index < -0.39 is 24.4 Å². The summed E-state index contributed by atoms with van der Waals surface area (Å²) in [6, 6.07) is 12.4. The predicted molar refractivity (Wildman–Crippen MR) is 122 cm³/mol. The Balaban J connectivity index is 1.46. The lowest BCUT2D eigenvalue weighted by Gasteiger charge is -2.11. The molecular weight excluding hydrogens is 454 g/mol. The van der Waals surface area contributed by atoms with Gasteiger partial charge in [0.1, 0.15) is 10.8 Å². The van der Waals surface area contributed by atoms with Crippen molar-refractivity contribution in [1.29, 1.82) is 0 Å². The van der Waals surface area contributed by atoms with E-state index in [4.69, 9.17) is 21.1 Å². The zero-order chi connectivity index (χ0) is 23.1. The molecule has 0 atom stereocenters. The number of carbonyl (C=O) groups is 3. The fraction of sp³-hybridized carbons (Fsp3) is 0.182. The number of nitrogens with zero attached hydrogens (tertiary/aromatic N) is 1. The van der Waals surface area contributed by atoms with Crippen molar-refractivity contribution in [1.82, 2.24) is 10.3 Å². The number of aromatic nitrogens is 1.